The number of rotatable bonds is 3. The lowest BCUT2D eigenvalue weighted by Crippen LogP contribution is -2.43. The number of nitrogens with zero attached hydrogens (tertiary/aromatic N) is 6. The molecule has 4 rings (SSSR count). The zero-order valence-electron chi connectivity index (χ0n) is 15.0. The number of hydrogen-bond acceptors (Lipinski definition) is 6. The molecule has 0 bridgehead atoms. The molecule has 3 aromatic rings. The maximum Gasteiger partial charge on any atom is 0.160 e. The highest BCUT2D eigenvalue weighted by Gasteiger charge is 2.35. The van der Waals surface area contributed by atoms with Crippen LogP contribution in [0.3, 0.4) is 0 Å². The Morgan fingerprint density at radius 1 is 1.04 bits per heavy atom. The van der Waals surface area contributed by atoms with Crippen LogP contribution in [0.1, 0.15) is 24.1 Å². The SMILES string of the molecule is Cc1ccc(C2(O)CCN(c3ccc(-c4nccn4C)nn3)CC2)nc1. The highest BCUT2D eigenvalue weighted by Crippen LogP contribution is 2.33. The molecule has 0 aliphatic carbocycles. The van der Waals surface area contributed by atoms with Gasteiger partial charge in [0.05, 0.1) is 5.69 Å². The predicted molar refractivity (Wildman–Crippen MR) is 98.6 cm³/mol. The van der Waals surface area contributed by atoms with Gasteiger partial charge in [-0.3, -0.25) is 4.98 Å². The van der Waals surface area contributed by atoms with Crippen LogP contribution < -0.4 is 4.90 Å². The highest BCUT2D eigenvalue weighted by atomic mass is 16.3. The van der Waals surface area contributed by atoms with Crippen LogP contribution >= 0.6 is 0 Å². The first-order valence-electron chi connectivity index (χ1n) is 8.77. The van der Waals surface area contributed by atoms with E-state index in [0.717, 1.165) is 28.6 Å². The van der Waals surface area contributed by atoms with Crippen molar-refractivity contribution in [3.63, 3.8) is 0 Å². The van der Waals surface area contributed by atoms with Gasteiger partial charge in [-0.05, 0) is 43.5 Å². The minimum atomic E-state index is -0.871. The second-order valence-corrected chi connectivity index (χ2v) is 6.88. The maximum atomic E-state index is 11.0. The summed E-state index contributed by atoms with van der Waals surface area (Å²) in [5.41, 5.74) is 1.72. The van der Waals surface area contributed by atoms with Gasteiger partial charge in [0, 0.05) is 38.7 Å². The molecule has 1 fully saturated rings. The van der Waals surface area contributed by atoms with E-state index in [-0.39, 0.29) is 0 Å². The number of anilines is 1. The first-order valence-corrected chi connectivity index (χ1v) is 8.77. The molecule has 1 aliphatic rings. The van der Waals surface area contributed by atoms with Gasteiger partial charge in [0.15, 0.2) is 11.6 Å². The minimum absolute atomic E-state index is 0.617. The van der Waals surface area contributed by atoms with Crippen LogP contribution in [0.4, 0.5) is 5.82 Å². The van der Waals surface area contributed by atoms with E-state index in [0.29, 0.717) is 25.9 Å². The van der Waals surface area contributed by atoms with E-state index in [4.69, 9.17) is 0 Å². The fourth-order valence-electron chi connectivity index (χ4n) is 3.33. The van der Waals surface area contributed by atoms with Gasteiger partial charge in [0.2, 0.25) is 0 Å². The first kappa shape index (κ1) is 16.7. The summed E-state index contributed by atoms with van der Waals surface area (Å²) in [5.74, 6) is 1.62. The van der Waals surface area contributed by atoms with Crippen molar-refractivity contribution in [2.75, 3.05) is 18.0 Å². The normalized spacial score (nSPS) is 16.7. The number of aromatic nitrogens is 5. The van der Waals surface area contributed by atoms with Gasteiger partial charge < -0.3 is 14.6 Å². The molecule has 3 aromatic heterocycles. The molecular formula is C19H22N6O. The Morgan fingerprint density at radius 3 is 2.42 bits per heavy atom. The second kappa shape index (κ2) is 6.49. The molecule has 0 aromatic carbocycles. The fraction of sp³-hybridized carbons (Fsp3) is 0.368. The Balaban J connectivity index is 1.46. The minimum Gasteiger partial charge on any atom is -0.383 e. The van der Waals surface area contributed by atoms with Crippen molar-refractivity contribution in [1.82, 2.24) is 24.7 Å². The van der Waals surface area contributed by atoms with Crippen molar-refractivity contribution >= 4 is 5.82 Å². The molecule has 26 heavy (non-hydrogen) atoms. The van der Waals surface area contributed by atoms with Crippen LogP contribution in [0, 0.1) is 6.92 Å². The summed E-state index contributed by atoms with van der Waals surface area (Å²) in [6.45, 7) is 3.42. The predicted octanol–water partition coefficient (Wildman–Crippen LogP) is 2.07. The van der Waals surface area contributed by atoms with Crippen LogP contribution in [0.2, 0.25) is 0 Å². The second-order valence-electron chi connectivity index (χ2n) is 6.88. The Kier molecular flexibility index (Phi) is 4.16. The smallest absolute Gasteiger partial charge is 0.160 e. The molecule has 0 radical (unpaired) electrons. The zero-order chi connectivity index (χ0) is 18.1. The van der Waals surface area contributed by atoms with E-state index >= 15 is 0 Å². The number of imidazole rings is 1. The Bertz CT molecular complexity index is 879. The van der Waals surface area contributed by atoms with E-state index in [1.54, 1.807) is 6.20 Å². The van der Waals surface area contributed by atoms with Crippen LogP contribution in [0.25, 0.3) is 11.5 Å². The topological polar surface area (TPSA) is 80.0 Å². The summed E-state index contributed by atoms with van der Waals surface area (Å²) in [5, 5.41) is 19.6. The lowest BCUT2D eigenvalue weighted by Gasteiger charge is -2.38. The standard InChI is InChI=1S/C19H22N6O/c1-14-3-5-16(21-13-14)19(26)7-10-25(11-8-19)17-6-4-15(22-23-17)18-20-9-12-24(18)2/h3-6,9,12-13,26H,7-8,10-11H2,1-2H3. The number of aliphatic hydroxyl groups is 1. The highest BCUT2D eigenvalue weighted by molar-refractivity contribution is 5.52. The number of aryl methyl sites for hydroxylation is 2. The lowest BCUT2D eigenvalue weighted by molar-refractivity contribution is 0.00746. The average Bonchev–Trinajstić information content (AvgIpc) is 3.09. The van der Waals surface area contributed by atoms with Gasteiger partial charge in [0.25, 0.3) is 0 Å². The van der Waals surface area contributed by atoms with Crippen molar-refractivity contribution < 1.29 is 5.11 Å². The zero-order valence-corrected chi connectivity index (χ0v) is 15.0. The van der Waals surface area contributed by atoms with Gasteiger partial charge >= 0.3 is 0 Å². The van der Waals surface area contributed by atoms with E-state index in [9.17, 15) is 5.11 Å². The molecule has 4 heterocycles. The van der Waals surface area contributed by atoms with Crippen LogP contribution in [-0.2, 0) is 12.6 Å². The average molecular weight is 350 g/mol. The van der Waals surface area contributed by atoms with Crippen molar-refractivity contribution in [2.24, 2.45) is 7.05 Å². The molecule has 0 amide bonds. The molecule has 7 nitrogen and oxygen atoms in total. The van der Waals surface area contributed by atoms with Crippen LogP contribution in [0.5, 0.6) is 0 Å². The molecule has 7 heteroatoms. The van der Waals surface area contributed by atoms with Gasteiger partial charge in [-0.25, -0.2) is 4.98 Å². The maximum absolute atomic E-state index is 11.0. The Morgan fingerprint density at radius 2 is 1.85 bits per heavy atom. The molecule has 1 N–H and O–H groups in total. The third-order valence-corrected chi connectivity index (χ3v) is 5.00. The largest absolute Gasteiger partial charge is 0.383 e. The van der Waals surface area contributed by atoms with Crippen molar-refractivity contribution in [1.29, 1.82) is 0 Å². The molecule has 1 saturated heterocycles. The van der Waals surface area contributed by atoms with E-state index < -0.39 is 5.60 Å². The monoisotopic (exact) mass is 350 g/mol. The number of hydrogen-bond donors (Lipinski definition) is 1. The Hall–Kier alpha value is -2.80. The van der Waals surface area contributed by atoms with E-state index in [1.807, 2.05) is 55.2 Å². The van der Waals surface area contributed by atoms with Gasteiger partial charge in [-0.2, -0.15) is 0 Å². The molecule has 134 valence electrons. The fourth-order valence-corrected chi connectivity index (χ4v) is 3.33. The van der Waals surface area contributed by atoms with Crippen LogP contribution in [-0.4, -0.2) is 42.9 Å². The third kappa shape index (κ3) is 3.06. The van der Waals surface area contributed by atoms with Gasteiger partial charge in [0.1, 0.15) is 11.3 Å². The van der Waals surface area contributed by atoms with Gasteiger partial charge in [-0.1, -0.05) is 6.07 Å². The van der Waals surface area contributed by atoms with Gasteiger partial charge in [-0.15, -0.1) is 10.2 Å². The number of pyridine rings is 1. The van der Waals surface area contributed by atoms with E-state index in [1.165, 1.54) is 0 Å². The summed E-state index contributed by atoms with van der Waals surface area (Å²) in [4.78, 5) is 10.9. The third-order valence-electron chi connectivity index (χ3n) is 5.00. The van der Waals surface area contributed by atoms with Crippen molar-refractivity contribution in [3.05, 3.63) is 54.1 Å². The summed E-state index contributed by atoms with van der Waals surface area (Å²) in [7, 11) is 1.93. The van der Waals surface area contributed by atoms with Crippen molar-refractivity contribution in [2.45, 2.75) is 25.4 Å². The lowest BCUT2D eigenvalue weighted by atomic mass is 9.87. The molecule has 1 aliphatic heterocycles. The van der Waals surface area contributed by atoms with Crippen LogP contribution in [0.15, 0.2) is 42.9 Å². The Labute approximate surface area is 152 Å². The molecule has 0 atom stereocenters. The molecule has 0 saturated carbocycles. The number of piperidine rings is 1. The van der Waals surface area contributed by atoms with Crippen molar-refractivity contribution in [3.8, 4) is 11.5 Å². The summed E-state index contributed by atoms with van der Waals surface area (Å²) in [6.07, 6.45) is 6.67. The molecule has 0 spiro atoms. The molecular weight excluding hydrogens is 328 g/mol. The summed E-state index contributed by atoms with van der Waals surface area (Å²) in [6, 6.07) is 7.82. The first-order chi connectivity index (χ1) is 12.5. The summed E-state index contributed by atoms with van der Waals surface area (Å²) >= 11 is 0. The summed E-state index contributed by atoms with van der Waals surface area (Å²) < 4.78 is 1.92. The molecule has 0 unspecified atom stereocenters. The quantitative estimate of drug-likeness (QED) is 0.779. The van der Waals surface area contributed by atoms with E-state index in [2.05, 4.69) is 25.1 Å².